The monoisotopic (exact) mass is 300 g/mol. The maximum atomic E-state index is 12.4. The zero-order chi connectivity index (χ0) is 15.2. The van der Waals surface area contributed by atoms with E-state index in [1.54, 1.807) is 18.9 Å². The van der Waals surface area contributed by atoms with Gasteiger partial charge >= 0.3 is 5.97 Å². The molecule has 1 aromatic rings. The van der Waals surface area contributed by atoms with Crippen molar-refractivity contribution in [2.45, 2.75) is 11.7 Å². The molecule has 108 valence electrons. The van der Waals surface area contributed by atoms with Crippen LogP contribution in [0.4, 0.5) is 0 Å². The minimum Gasteiger partial charge on any atom is -0.495 e. The molecular formula is C17H16O3S. The molecule has 0 radical (unpaired) electrons. The Kier molecular flexibility index (Phi) is 3.21. The van der Waals surface area contributed by atoms with Gasteiger partial charge in [0, 0.05) is 5.56 Å². The van der Waals surface area contributed by atoms with E-state index >= 15 is 0 Å². The highest BCUT2D eigenvalue weighted by Crippen LogP contribution is 2.62. The van der Waals surface area contributed by atoms with Crippen molar-refractivity contribution in [1.82, 2.24) is 0 Å². The summed E-state index contributed by atoms with van der Waals surface area (Å²) >= 11 is 1.62. The molecule has 2 aliphatic rings. The van der Waals surface area contributed by atoms with Crippen LogP contribution in [0.2, 0.25) is 0 Å². The number of thioether (sulfide) groups is 1. The summed E-state index contributed by atoms with van der Waals surface area (Å²) in [5.41, 5.74) is 3.37. The molecule has 1 atom stereocenters. The smallest absolute Gasteiger partial charge is 0.339 e. The van der Waals surface area contributed by atoms with E-state index in [-0.39, 0.29) is 5.97 Å². The molecule has 1 aromatic carbocycles. The third-order valence-electron chi connectivity index (χ3n) is 3.87. The zero-order valence-corrected chi connectivity index (χ0v) is 13.0. The number of hydrogen-bond acceptors (Lipinski definition) is 4. The number of rotatable bonds is 2. The van der Waals surface area contributed by atoms with Gasteiger partial charge in [-0.05, 0) is 29.0 Å². The second-order valence-corrected chi connectivity index (χ2v) is 6.47. The van der Waals surface area contributed by atoms with Gasteiger partial charge in [0.05, 0.1) is 14.2 Å². The molecule has 0 saturated carbocycles. The number of carbonyl (C=O) groups is 1. The van der Waals surface area contributed by atoms with Gasteiger partial charge in [0.25, 0.3) is 0 Å². The molecule has 0 aromatic heterocycles. The molecule has 21 heavy (non-hydrogen) atoms. The van der Waals surface area contributed by atoms with Gasteiger partial charge in [0.2, 0.25) is 0 Å². The minimum atomic E-state index is -0.626. The van der Waals surface area contributed by atoms with Crippen LogP contribution in [0.5, 0.6) is 0 Å². The van der Waals surface area contributed by atoms with E-state index in [4.69, 9.17) is 9.47 Å². The number of esters is 1. The van der Waals surface area contributed by atoms with Gasteiger partial charge in [-0.1, -0.05) is 30.8 Å². The number of allylic oxidation sites excluding steroid dienone is 2. The minimum absolute atomic E-state index is 0.375. The van der Waals surface area contributed by atoms with Crippen LogP contribution >= 0.6 is 11.8 Å². The number of carbonyl (C=O) groups excluding carboxylic acids is 1. The second-order valence-electron chi connectivity index (χ2n) is 5.01. The van der Waals surface area contributed by atoms with Gasteiger partial charge in [0.1, 0.15) is 16.1 Å². The highest BCUT2D eigenvalue weighted by Gasteiger charge is 2.53. The Bertz CT molecular complexity index is 715. The maximum Gasteiger partial charge on any atom is 0.339 e. The Morgan fingerprint density at radius 1 is 1.29 bits per heavy atom. The zero-order valence-electron chi connectivity index (χ0n) is 12.2. The quantitative estimate of drug-likeness (QED) is 0.781. The van der Waals surface area contributed by atoms with Gasteiger partial charge in [-0.25, -0.2) is 4.79 Å². The molecule has 0 saturated heterocycles. The molecule has 0 fully saturated rings. The summed E-state index contributed by atoms with van der Waals surface area (Å²) in [5, 5.41) is 0. The lowest BCUT2D eigenvalue weighted by atomic mass is 9.87. The van der Waals surface area contributed by atoms with Crippen LogP contribution in [0, 0.1) is 0 Å². The largest absolute Gasteiger partial charge is 0.495 e. The lowest BCUT2D eigenvalue weighted by Gasteiger charge is -2.28. The van der Waals surface area contributed by atoms with E-state index in [1.807, 2.05) is 37.3 Å². The maximum absolute atomic E-state index is 12.4. The van der Waals surface area contributed by atoms with Crippen LogP contribution in [0.15, 0.2) is 53.0 Å². The van der Waals surface area contributed by atoms with Crippen molar-refractivity contribution >= 4 is 23.5 Å². The van der Waals surface area contributed by atoms with Gasteiger partial charge < -0.3 is 9.47 Å². The fourth-order valence-corrected chi connectivity index (χ4v) is 4.53. The van der Waals surface area contributed by atoms with E-state index < -0.39 is 4.75 Å². The summed E-state index contributed by atoms with van der Waals surface area (Å²) in [6.45, 7) is 6.20. The van der Waals surface area contributed by atoms with Gasteiger partial charge in [0.15, 0.2) is 0 Å². The number of ether oxygens (including phenoxy) is 2. The predicted molar refractivity (Wildman–Crippen MR) is 84.6 cm³/mol. The Labute approximate surface area is 128 Å². The molecule has 3 nitrogen and oxygen atoms in total. The Hall–Kier alpha value is -1.94. The lowest BCUT2D eigenvalue weighted by Crippen LogP contribution is -2.27. The van der Waals surface area contributed by atoms with E-state index in [0.717, 1.165) is 21.6 Å². The average molecular weight is 300 g/mol. The van der Waals surface area contributed by atoms with E-state index in [1.165, 1.54) is 7.11 Å². The average Bonchev–Trinajstić information content (AvgIpc) is 2.94. The Morgan fingerprint density at radius 3 is 2.57 bits per heavy atom. The molecule has 0 N–H and O–H groups in total. The fraction of sp³-hybridized carbons (Fsp3) is 0.235. The third kappa shape index (κ3) is 1.72. The van der Waals surface area contributed by atoms with Crippen LogP contribution in [0.1, 0.15) is 18.1 Å². The first-order valence-corrected chi connectivity index (χ1v) is 7.41. The third-order valence-corrected chi connectivity index (χ3v) is 5.30. The number of hydrogen-bond donors (Lipinski definition) is 0. The summed E-state index contributed by atoms with van der Waals surface area (Å²) in [7, 11) is 2.97. The first-order chi connectivity index (χ1) is 10.1. The van der Waals surface area contributed by atoms with Crippen molar-refractivity contribution in [3.8, 4) is 0 Å². The molecule has 0 amide bonds. The van der Waals surface area contributed by atoms with Gasteiger partial charge in [-0.3, -0.25) is 0 Å². The van der Waals surface area contributed by atoms with Crippen molar-refractivity contribution in [2.24, 2.45) is 0 Å². The standard InChI is InChI=1S/C17H16O3S/c1-10-9-11(2)21-17(10)13-8-6-5-7-12(13)15(19-3)14(17)16(18)20-4/h5-9H,1H2,2-4H3. The topological polar surface area (TPSA) is 35.5 Å². The molecular weight excluding hydrogens is 284 g/mol. The number of benzene rings is 1. The number of fused-ring (bicyclic) bond motifs is 2. The summed E-state index contributed by atoms with van der Waals surface area (Å²) in [6.07, 6.45) is 2.02. The lowest BCUT2D eigenvalue weighted by molar-refractivity contribution is -0.136. The van der Waals surface area contributed by atoms with Crippen LogP contribution in [0.25, 0.3) is 5.76 Å². The highest BCUT2D eigenvalue weighted by atomic mass is 32.2. The van der Waals surface area contributed by atoms with Gasteiger partial charge in [-0.15, -0.1) is 11.8 Å². The fourth-order valence-electron chi connectivity index (χ4n) is 3.09. The first-order valence-electron chi connectivity index (χ1n) is 6.60. The van der Waals surface area contributed by atoms with E-state index in [9.17, 15) is 4.79 Å². The molecule has 1 aliphatic heterocycles. The highest BCUT2D eigenvalue weighted by molar-refractivity contribution is 8.04. The van der Waals surface area contributed by atoms with E-state index in [2.05, 4.69) is 6.58 Å². The summed E-state index contributed by atoms with van der Waals surface area (Å²) in [5.74, 6) is 0.203. The molecule has 3 rings (SSSR count). The normalized spacial score (nSPS) is 23.4. The van der Waals surface area contributed by atoms with Crippen LogP contribution in [0.3, 0.4) is 0 Å². The van der Waals surface area contributed by atoms with E-state index in [0.29, 0.717) is 11.3 Å². The van der Waals surface area contributed by atoms with Crippen LogP contribution in [-0.4, -0.2) is 20.2 Å². The molecule has 4 heteroatoms. The van der Waals surface area contributed by atoms with Crippen molar-refractivity contribution in [2.75, 3.05) is 14.2 Å². The SMILES string of the molecule is C=C1C=C(C)SC12C(C(=O)OC)=C(OC)c1ccccc12. The predicted octanol–water partition coefficient (Wildman–Crippen LogP) is 3.63. The van der Waals surface area contributed by atoms with Crippen molar-refractivity contribution in [3.63, 3.8) is 0 Å². The summed E-state index contributed by atoms with van der Waals surface area (Å²) in [6, 6.07) is 7.90. The molecule has 1 heterocycles. The number of methoxy groups -OCH3 is 2. The molecule has 0 bridgehead atoms. The molecule has 1 spiro atoms. The van der Waals surface area contributed by atoms with Crippen molar-refractivity contribution < 1.29 is 14.3 Å². The second kappa shape index (κ2) is 4.81. The summed E-state index contributed by atoms with van der Waals surface area (Å²) < 4.78 is 9.93. The van der Waals surface area contributed by atoms with Crippen molar-refractivity contribution in [3.05, 3.63) is 64.1 Å². The Morgan fingerprint density at radius 2 is 2.00 bits per heavy atom. The first kappa shape index (κ1) is 14.0. The molecule has 1 aliphatic carbocycles. The van der Waals surface area contributed by atoms with Gasteiger partial charge in [-0.2, -0.15) is 0 Å². The van der Waals surface area contributed by atoms with Crippen LogP contribution in [-0.2, 0) is 19.0 Å². The van der Waals surface area contributed by atoms with Crippen LogP contribution < -0.4 is 0 Å². The van der Waals surface area contributed by atoms with Crippen molar-refractivity contribution in [1.29, 1.82) is 0 Å². The Balaban J connectivity index is 2.34. The summed E-state index contributed by atoms with van der Waals surface area (Å²) in [4.78, 5) is 13.5. The molecule has 1 unspecified atom stereocenters.